The van der Waals surface area contributed by atoms with Crippen LogP contribution in [0.5, 0.6) is 0 Å². The summed E-state index contributed by atoms with van der Waals surface area (Å²) in [6.07, 6.45) is 1.69. The van der Waals surface area contributed by atoms with Crippen LogP contribution in [0.2, 0.25) is 0 Å². The molecule has 4 nitrogen and oxygen atoms in total. The van der Waals surface area contributed by atoms with E-state index in [1.165, 1.54) is 0 Å². The number of rotatable bonds is 4. The fourth-order valence-electron chi connectivity index (χ4n) is 2.06. The number of nitrogens with one attached hydrogen (secondary N) is 1. The Kier molecular flexibility index (Phi) is 4.54. The summed E-state index contributed by atoms with van der Waals surface area (Å²) in [4.78, 5) is 14.2. The molecule has 0 saturated carbocycles. The molecule has 0 aromatic carbocycles. The first-order valence-electron chi connectivity index (χ1n) is 5.75. The lowest BCUT2D eigenvalue weighted by molar-refractivity contribution is -0.153. The van der Waals surface area contributed by atoms with Crippen LogP contribution in [0.15, 0.2) is 0 Å². The van der Waals surface area contributed by atoms with Crippen molar-refractivity contribution >= 4 is 5.97 Å². The number of hydrogen-bond donors (Lipinski definition) is 1. The van der Waals surface area contributed by atoms with Crippen LogP contribution in [0, 0.1) is 0 Å². The van der Waals surface area contributed by atoms with Crippen molar-refractivity contribution in [2.24, 2.45) is 0 Å². The van der Waals surface area contributed by atoms with Gasteiger partial charge < -0.3 is 15.0 Å². The second-order valence-electron chi connectivity index (χ2n) is 4.14. The van der Waals surface area contributed by atoms with Gasteiger partial charge in [-0.2, -0.15) is 0 Å². The normalized spacial score (nSPS) is 21.3. The first-order chi connectivity index (χ1) is 7.14. The topological polar surface area (TPSA) is 41.6 Å². The zero-order valence-electron chi connectivity index (χ0n) is 10.0. The molecular formula is C11H22N2O2. The van der Waals surface area contributed by atoms with Crippen molar-refractivity contribution in [3.05, 3.63) is 0 Å². The number of ether oxygens (including phenoxy) is 1. The summed E-state index contributed by atoms with van der Waals surface area (Å²) in [5, 5.41) is 3.30. The van der Waals surface area contributed by atoms with E-state index in [-0.39, 0.29) is 5.97 Å². The van der Waals surface area contributed by atoms with E-state index in [1.807, 2.05) is 13.8 Å². The molecule has 0 aliphatic carbocycles. The Hall–Kier alpha value is -0.610. The van der Waals surface area contributed by atoms with Gasteiger partial charge in [-0.3, -0.25) is 4.79 Å². The molecule has 1 saturated heterocycles. The molecule has 15 heavy (non-hydrogen) atoms. The fraction of sp³-hybridized carbons (Fsp3) is 0.909. The minimum atomic E-state index is -0.433. The molecule has 1 rings (SSSR count). The van der Waals surface area contributed by atoms with Gasteiger partial charge in [0.15, 0.2) is 0 Å². The fourth-order valence-corrected chi connectivity index (χ4v) is 2.06. The molecular weight excluding hydrogens is 192 g/mol. The van der Waals surface area contributed by atoms with Crippen molar-refractivity contribution in [2.45, 2.75) is 32.2 Å². The minimum absolute atomic E-state index is 0.0834. The summed E-state index contributed by atoms with van der Waals surface area (Å²) in [7, 11) is 2.08. The minimum Gasteiger partial charge on any atom is -0.465 e. The van der Waals surface area contributed by atoms with Crippen LogP contribution in [0.25, 0.3) is 0 Å². The number of piperidine rings is 1. The van der Waals surface area contributed by atoms with Crippen LogP contribution >= 0.6 is 0 Å². The van der Waals surface area contributed by atoms with Gasteiger partial charge in [-0.1, -0.05) is 6.92 Å². The van der Waals surface area contributed by atoms with Gasteiger partial charge >= 0.3 is 5.97 Å². The highest BCUT2D eigenvalue weighted by atomic mass is 16.5. The predicted molar refractivity (Wildman–Crippen MR) is 59.8 cm³/mol. The van der Waals surface area contributed by atoms with E-state index in [4.69, 9.17) is 4.74 Å². The monoisotopic (exact) mass is 214 g/mol. The van der Waals surface area contributed by atoms with E-state index in [1.54, 1.807) is 0 Å². The zero-order chi connectivity index (χ0) is 11.3. The first-order valence-corrected chi connectivity index (χ1v) is 5.75. The summed E-state index contributed by atoms with van der Waals surface area (Å²) in [6.45, 7) is 7.05. The van der Waals surface area contributed by atoms with Gasteiger partial charge in [0, 0.05) is 13.1 Å². The molecule has 1 fully saturated rings. The highest BCUT2D eigenvalue weighted by Gasteiger charge is 2.41. The van der Waals surface area contributed by atoms with E-state index in [2.05, 4.69) is 17.3 Å². The Labute approximate surface area is 92.0 Å². The van der Waals surface area contributed by atoms with Crippen LogP contribution in [-0.4, -0.2) is 49.7 Å². The number of hydrogen-bond acceptors (Lipinski definition) is 4. The van der Waals surface area contributed by atoms with Crippen LogP contribution in [0.1, 0.15) is 26.7 Å². The molecule has 0 bridgehead atoms. The third-order valence-corrected chi connectivity index (χ3v) is 3.02. The lowest BCUT2D eigenvalue weighted by atomic mass is 9.87. The van der Waals surface area contributed by atoms with Crippen molar-refractivity contribution in [1.29, 1.82) is 0 Å². The summed E-state index contributed by atoms with van der Waals surface area (Å²) < 4.78 is 5.15. The van der Waals surface area contributed by atoms with Crippen molar-refractivity contribution in [2.75, 3.05) is 33.3 Å². The van der Waals surface area contributed by atoms with Crippen molar-refractivity contribution in [3.8, 4) is 0 Å². The van der Waals surface area contributed by atoms with Crippen LogP contribution in [0.3, 0.4) is 0 Å². The molecule has 0 aromatic rings. The quantitative estimate of drug-likeness (QED) is 0.697. The lowest BCUT2D eigenvalue weighted by Gasteiger charge is -2.39. The molecule has 1 aliphatic rings. The second-order valence-corrected chi connectivity index (χ2v) is 4.14. The highest BCUT2D eigenvalue weighted by Crippen LogP contribution is 2.23. The first kappa shape index (κ1) is 12.5. The van der Waals surface area contributed by atoms with Crippen LogP contribution < -0.4 is 5.32 Å². The number of carbonyl (C=O) groups excluding carboxylic acids is 1. The van der Waals surface area contributed by atoms with Gasteiger partial charge in [0.1, 0.15) is 5.54 Å². The van der Waals surface area contributed by atoms with Crippen LogP contribution in [0.4, 0.5) is 0 Å². The lowest BCUT2D eigenvalue weighted by Crippen LogP contribution is -2.58. The Morgan fingerprint density at radius 1 is 1.40 bits per heavy atom. The third-order valence-electron chi connectivity index (χ3n) is 3.02. The second kappa shape index (κ2) is 5.47. The van der Waals surface area contributed by atoms with E-state index in [0.717, 1.165) is 32.5 Å². The third kappa shape index (κ3) is 2.92. The molecule has 0 amide bonds. The van der Waals surface area contributed by atoms with E-state index in [9.17, 15) is 4.79 Å². The van der Waals surface area contributed by atoms with Crippen molar-refractivity contribution in [3.63, 3.8) is 0 Å². The van der Waals surface area contributed by atoms with Gasteiger partial charge in [-0.05, 0) is 33.4 Å². The molecule has 1 heterocycles. The molecule has 0 spiro atoms. The SMILES string of the molecule is CCNC1(C(=O)OCC)CCN(C)CC1. The van der Waals surface area contributed by atoms with Gasteiger partial charge in [-0.15, -0.1) is 0 Å². The highest BCUT2D eigenvalue weighted by molar-refractivity contribution is 5.81. The van der Waals surface area contributed by atoms with Gasteiger partial charge in [0.2, 0.25) is 0 Å². The molecule has 0 aromatic heterocycles. The molecule has 1 aliphatic heterocycles. The number of carbonyl (C=O) groups is 1. The average molecular weight is 214 g/mol. The largest absolute Gasteiger partial charge is 0.465 e. The van der Waals surface area contributed by atoms with Crippen molar-refractivity contribution in [1.82, 2.24) is 10.2 Å². The van der Waals surface area contributed by atoms with Gasteiger partial charge in [0.25, 0.3) is 0 Å². The van der Waals surface area contributed by atoms with Gasteiger partial charge in [0.05, 0.1) is 6.61 Å². The molecule has 1 N–H and O–H groups in total. The molecule has 0 radical (unpaired) electrons. The maximum atomic E-state index is 11.9. The number of likely N-dealkylation sites (tertiary alicyclic amines) is 1. The van der Waals surface area contributed by atoms with E-state index >= 15 is 0 Å². The summed E-state index contributed by atoms with van der Waals surface area (Å²) in [5.41, 5.74) is -0.433. The van der Waals surface area contributed by atoms with E-state index in [0.29, 0.717) is 6.61 Å². The van der Waals surface area contributed by atoms with Gasteiger partial charge in [-0.25, -0.2) is 0 Å². The average Bonchev–Trinajstić information content (AvgIpc) is 2.22. The zero-order valence-corrected chi connectivity index (χ0v) is 10.0. The summed E-state index contributed by atoms with van der Waals surface area (Å²) in [6, 6.07) is 0. The summed E-state index contributed by atoms with van der Waals surface area (Å²) >= 11 is 0. The molecule has 0 atom stereocenters. The Balaban J connectivity index is 2.65. The number of nitrogens with zero attached hydrogens (tertiary/aromatic N) is 1. The number of likely N-dealkylation sites (N-methyl/N-ethyl adjacent to an activating group) is 1. The molecule has 4 heteroatoms. The Morgan fingerprint density at radius 2 is 2.00 bits per heavy atom. The summed E-state index contributed by atoms with van der Waals surface area (Å²) in [5.74, 6) is -0.0834. The molecule has 0 unspecified atom stereocenters. The maximum absolute atomic E-state index is 11.9. The predicted octanol–water partition coefficient (Wildman–Crippen LogP) is 0.623. The van der Waals surface area contributed by atoms with E-state index < -0.39 is 5.54 Å². The van der Waals surface area contributed by atoms with Crippen molar-refractivity contribution < 1.29 is 9.53 Å². The Morgan fingerprint density at radius 3 is 2.47 bits per heavy atom. The number of esters is 1. The molecule has 88 valence electrons. The smallest absolute Gasteiger partial charge is 0.326 e. The van der Waals surface area contributed by atoms with Crippen LogP contribution in [-0.2, 0) is 9.53 Å². The standard InChI is InChI=1S/C11H22N2O2/c1-4-12-11(10(14)15-5-2)6-8-13(3)9-7-11/h12H,4-9H2,1-3H3. The Bertz CT molecular complexity index is 211. The maximum Gasteiger partial charge on any atom is 0.326 e.